The Morgan fingerprint density at radius 3 is 2.47 bits per heavy atom. The summed E-state index contributed by atoms with van der Waals surface area (Å²) in [6.45, 7) is 4.00. The van der Waals surface area contributed by atoms with E-state index in [2.05, 4.69) is 15.4 Å². The average molecular weight is 206 g/mol. The molecular weight excluding hydrogens is 188 g/mol. The maximum absolute atomic E-state index is 5.45. The lowest BCUT2D eigenvalue weighted by atomic mass is 10.1. The van der Waals surface area contributed by atoms with Gasteiger partial charge in [0, 0.05) is 17.2 Å². The first-order valence-corrected chi connectivity index (χ1v) is 5.54. The van der Waals surface area contributed by atoms with E-state index in [4.69, 9.17) is 5.84 Å². The first-order valence-electron chi connectivity index (χ1n) is 5.54. The summed E-state index contributed by atoms with van der Waals surface area (Å²) in [6.07, 6.45) is 5.03. The number of aromatic nitrogens is 2. The number of hydrogen-bond donors (Lipinski definition) is 2. The van der Waals surface area contributed by atoms with Crippen molar-refractivity contribution in [2.24, 2.45) is 5.84 Å². The summed E-state index contributed by atoms with van der Waals surface area (Å²) in [7, 11) is 0. The predicted molar refractivity (Wildman–Crippen MR) is 60.5 cm³/mol. The van der Waals surface area contributed by atoms with Crippen LogP contribution in [0.15, 0.2) is 0 Å². The first-order chi connectivity index (χ1) is 7.22. The van der Waals surface area contributed by atoms with Crippen LogP contribution in [0.25, 0.3) is 0 Å². The summed E-state index contributed by atoms with van der Waals surface area (Å²) in [6, 6.07) is 0. The lowest BCUT2D eigenvalue weighted by Crippen LogP contribution is -2.14. The first kappa shape index (κ1) is 10.4. The van der Waals surface area contributed by atoms with Crippen molar-refractivity contribution in [2.45, 2.75) is 45.4 Å². The Labute approximate surface area is 90.3 Å². The van der Waals surface area contributed by atoms with Gasteiger partial charge in [0.1, 0.15) is 11.6 Å². The number of nitrogens with zero attached hydrogens (tertiary/aromatic N) is 2. The highest BCUT2D eigenvalue weighted by Gasteiger charge is 2.21. The summed E-state index contributed by atoms with van der Waals surface area (Å²) in [5.74, 6) is 7.71. The van der Waals surface area contributed by atoms with E-state index in [1.54, 1.807) is 0 Å². The highest BCUT2D eigenvalue weighted by molar-refractivity contribution is 5.44. The quantitative estimate of drug-likeness (QED) is 0.574. The molecule has 1 aliphatic rings. The molecule has 0 aromatic carbocycles. The van der Waals surface area contributed by atoms with Crippen LogP contribution in [0.4, 0.5) is 5.82 Å². The topological polar surface area (TPSA) is 63.8 Å². The number of nitrogen functional groups attached to an aromatic ring is 1. The Hall–Kier alpha value is -1.16. The van der Waals surface area contributed by atoms with E-state index in [0.29, 0.717) is 5.92 Å². The van der Waals surface area contributed by atoms with Crippen molar-refractivity contribution in [3.8, 4) is 0 Å². The molecular formula is C11H18N4. The fraction of sp³-hybridized carbons (Fsp3) is 0.636. The van der Waals surface area contributed by atoms with Crippen molar-refractivity contribution >= 4 is 5.82 Å². The molecule has 1 heterocycles. The maximum atomic E-state index is 5.45. The van der Waals surface area contributed by atoms with E-state index in [1.807, 2.05) is 13.8 Å². The molecule has 4 heteroatoms. The van der Waals surface area contributed by atoms with Crippen molar-refractivity contribution in [1.82, 2.24) is 9.97 Å². The molecule has 0 amide bonds. The zero-order chi connectivity index (χ0) is 10.8. The molecule has 1 aliphatic carbocycles. The van der Waals surface area contributed by atoms with Crippen molar-refractivity contribution in [3.63, 3.8) is 0 Å². The van der Waals surface area contributed by atoms with Crippen LogP contribution in [0.2, 0.25) is 0 Å². The van der Waals surface area contributed by atoms with Crippen LogP contribution in [-0.2, 0) is 0 Å². The third-order valence-electron chi connectivity index (χ3n) is 3.26. The number of aryl methyl sites for hydroxylation is 1. The Morgan fingerprint density at radius 1 is 1.20 bits per heavy atom. The van der Waals surface area contributed by atoms with Crippen molar-refractivity contribution in [3.05, 3.63) is 17.1 Å². The molecule has 2 rings (SSSR count). The van der Waals surface area contributed by atoms with Crippen LogP contribution >= 0.6 is 0 Å². The number of hydrazine groups is 1. The van der Waals surface area contributed by atoms with Crippen LogP contribution < -0.4 is 11.3 Å². The molecule has 15 heavy (non-hydrogen) atoms. The van der Waals surface area contributed by atoms with Crippen LogP contribution in [-0.4, -0.2) is 9.97 Å². The average Bonchev–Trinajstić information content (AvgIpc) is 2.75. The van der Waals surface area contributed by atoms with Crippen molar-refractivity contribution in [2.75, 3.05) is 5.43 Å². The van der Waals surface area contributed by atoms with E-state index in [0.717, 1.165) is 22.9 Å². The molecule has 3 N–H and O–H groups in total. The van der Waals surface area contributed by atoms with E-state index in [9.17, 15) is 0 Å². The van der Waals surface area contributed by atoms with E-state index >= 15 is 0 Å². The molecule has 0 spiro atoms. The van der Waals surface area contributed by atoms with Gasteiger partial charge >= 0.3 is 0 Å². The minimum atomic E-state index is 0.538. The molecule has 0 atom stereocenters. The van der Waals surface area contributed by atoms with Gasteiger partial charge in [0.05, 0.1) is 0 Å². The molecule has 1 saturated carbocycles. The Kier molecular flexibility index (Phi) is 2.86. The van der Waals surface area contributed by atoms with Gasteiger partial charge in [-0.2, -0.15) is 0 Å². The largest absolute Gasteiger partial charge is 0.308 e. The monoisotopic (exact) mass is 206 g/mol. The second kappa shape index (κ2) is 4.14. The van der Waals surface area contributed by atoms with E-state index in [-0.39, 0.29) is 0 Å². The second-order valence-electron chi connectivity index (χ2n) is 4.27. The third-order valence-corrected chi connectivity index (χ3v) is 3.26. The highest BCUT2D eigenvalue weighted by atomic mass is 15.3. The summed E-state index contributed by atoms with van der Waals surface area (Å²) in [5, 5.41) is 0. The zero-order valence-electron chi connectivity index (χ0n) is 9.38. The van der Waals surface area contributed by atoms with Gasteiger partial charge in [0.15, 0.2) is 0 Å². The molecule has 82 valence electrons. The van der Waals surface area contributed by atoms with Gasteiger partial charge in [0.25, 0.3) is 0 Å². The van der Waals surface area contributed by atoms with Crippen LogP contribution in [0.5, 0.6) is 0 Å². The number of anilines is 1. The SMILES string of the molecule is Cc1nc(C2CCCC2)nc(NN)c1C. The Bertz CT molecular complexity index is 356. The lowest BCUT2D eigenvalue weighted by molar-refractivity contribution is 0.663. The van der Waals surface area contributed by atoms with Crippen LogP contribution in [0.1, 0.15) is 48.7 Å². The number of hydrogen-bond acceptors (Lipinski definition) is 4. The number of nitrogens with two attached hydrogens (primary N) is 1. The summed E-state index contributed by atoms with van der Waals surface area (Å²) in [4.78, 5) is 9.04. The smallest absolute Gasteiger partial charge is 0.146 e. The minimum absolute atomic E-state index is 0.538. The lowest BCUT2D eigenvalue weighted by Gasteiger charge is -2.12. The molecule has 1 aromatic rings. The normalized spacial score (nSPS) is 17.0. The minimum Gasteiger partial charge on any atom is -0.308 e. The molecule has 1 aromatic heterocycles. The number of nitrogens with one attached hydrogen (secondary N) is 1. The molecule has 0 bridgehead atoms. The summed E-state index contributed by atoms with van der Waals surface area (Å²) >= 11 is 0. The Balaban J connectivity index is 2.35. The molecule has 0 radical (unpaired) electrons. The van der Waals surface area contributed by atoms with E-state index in [1.165, 1.54) is 25.7 Å². The molecule has 0 unspecified atom stereocenters. The van der Waals surface area contributed by atoms with Crippen LogP contribution in [0, 0.1) is 13.8 Å². The third kappa shape index (κ3) is 1.95. The maximum Gasteiger partial charge on any atom is 0.146 e. The molecule has 4 nitrogen and oxygen atoms in total. The summed E-state index contributed by atoms with van der Waals surface area (Å²) in [5.41, 5.74) is 4.72. The van der Waals surface area contributed by atoms with Gasteiger partial charge in [0.2, 0.25) is 0 Å². The molecule has 0 saturated heterocycles. The zero-order valence-corrected chi connectivity index (χ0v) is 9.38. The fourth-order valence-electron chi connectivity index (χ4n) is 2.16. The predicted octanol–water partition coefficient (Wildman–Crippen LogP) is 2.04. The molecule has 1 fully saturated rings. The Morgan fingerprint density at radius 2 is 1.87 bits per heavy atom. The molecule has 0 aliphatic heterocycles. The highest BCUT2D eigenvalue weighted by Crippen LogP contribution is 2.33. The van der Waals surface area contributed by atoms with Crippen molar-refractivity contribution < 1.29 is 0 Å². The summed E-state index contributed by atoms with van der Waals surface area (Å²) < 4.78 is 0. The van der Waals surface area contributed by atoms with Gasteiger partial charge in [-0.25, -0.2) is 15.8 Å². The fourth-order valence-corrected chi connectivity index (χ4v) is 2.16. The van der Waals surface area contributed by atoms with E-state index < -0.39 is 0 Å². The second-order valence-corrected chi connectivity index (χ2v) is 4.27. The number of rotatable bonds is 2. The van der Waals surface area contributed by atoms with Crippen LogP contribution in [0.3, 0.4) is 0 Å². The van der Waals surface area contributed by atoms with Gasteiger partial charge < -0.3 is 5.43 Å². The van der Waals surface area contributed by atoms with Gasteiger partial charge in [-0.05, 0) is 26.7 Å². The standard InChI is InChI=1S/C11H18N4/c1-7-8(2)13-11(14-10(7)15-12)9-5-3-4-6-9/h9H,3-6,12H2,1-2H3,(H,13,14,15). The van der Waals surface area contributed by atoms with Gasteiger partial charge in [-0.1, -0.05) is 12.8 Å². The van der Waals surface area contributed by atoms with Gasteiger partial charge in [-0.3, -0.25) is 0 Å². The van der Waals surface area contributed by atoms with Gasteiger partial charge in [-0.15, -0.1) is 0 Å². The van der Waals surface area contributed by atoms with Crippen molar-refractivity contribution in [1.29, 1.82) is 0 Å².